The van der Waals surface area contributed by atoms with Gasteiger partial charge in [0, 0.05) is 30.1 Å². The minimum absolute atomic E-state index is 0.00685. The minimum atomic E-state index is -1.17. The van der Waals surface area contributed by atoms with Crippen LogP contribution in [0, 0.1) is 5.41 Å². The van der Waals surface area contributed by atoms with Crippen LogP contribution in [0.1, 0.15) is 45.8 Å². The van der Waals surface area contributed by atoms with Gasteiger partial charge in [0.25, 0.3) is 5.89 Å². The second-order valence-electron chi connectivity index (χ2n) is 14.9. The fraction of sp³-hybridized carbons (Fsp3) is 0.234. The summed E-state index contributed by atoms with van der Waals surface area (Å²) < 4.78 is 17.7. The van der Waals surface area contributed by atoms with E-state index in [-0.39, 0.29) is 50.9 Å². The summed E-state index contributed by atoms with van der Waals surface area (Å²) >= 11 is 6.11. The third-order valence-corrected chi connectivity index (χ3v) is 10.7. The van der Waals surface area contributed by atoms with Crippen LogP contribution in [0.3, 0.4) is 0 Å². The Bertz CT molecular complexity index is 2450. The van der Waals surface area contributed by atoms with Crippen molar-refractivity contribution in [3.63, 3.8) is 0 Å². The number of halogens is 1. The van der Waals surface area contributed by atoms with Gasteiger partial charge in [-0.25, -0.2) is 9.78 Å². The Kier molecular flexibility index (Phi) is 14.2. The summed E-state index contributed by atoms with van der Waals surface area (Å²) in [5.74, 6) is -2.11. The number of nitrogens with one attached hydrogen (secondary N) is 4. The number of hydrogen-bond acceptors (Lipinski definition) is 9. The summed E-state index contributed by atoms with van der Waals surface area (Å²) in [4.78, 5) is 62.8. The molecule has 318 valence electrons. The number of fused-ring (bicyclic) bond motifs is 1. The number of rotatable bonds is 17. The average Bonchev–Trinajstić information content (AvgIpc) is 3.93. The van der Waals surface area contributed by atoms with Crippen LogP contribution in [0.25, 0.3) is 11.1 Å². The third-order valence-electron chi connectivity index (χ3n) is 10.4. The van der Waals surface area contributed by atoms with Crippen LogP contribution in [0.15, 0.2) is 138 Å². The number of para-hydroxylation sites is 2. The number of nitrogens with two attached hydrogens (primary N) is 1. The summed E-state index contributed by atoms with van der Waals surface area (Å²) in [5.41, 5.74) is 10.2. The fourth-order valence-corrected chi connectivity index (χ4v) is 7.37. The van der Waals surface area contributed by atoms with Crippen LogP contribution in [0.5, 0.6) is 0 Å². The molecule has 5 aromatic carbocycles. The zero-order valence-corrected chi connectivity index (χ0v) is 34.4. The van der Waals surface area contributed by atoms with Crippen molar-refractivity contribution in [1.82, 2.24) is 20.5 Å². The molecule has 6 aromatic rings. The van der Waals surface area contributed by atoms with Crippen molar-refractivity contribution in [3.8, 4) is 0 Å². The largest absolute Gasteiger partial charge is 0.445 e. The maximum Gasteiger partial charge on any atom is 0.408 e. The van der Waals surface area contributed by atoms with E-state index in [1.54, 1.807) is 60.7 Å². The van der Waals surface area contributed by atoms with Gasteiger partial charge >= 0.3 is 6.09 Å². The molecule has 1 aromatic heterocycles. The number of aromatic nitrogens is 1. The smallest absolute Gasteiger partial charge is 0.408 e. The van der Waals surface area contributed by atoms with Crippen molar-refractivity contribution in [1.29, 1.82) is 5.41 Å². The number of ether oxygens (including phenoxy) is 2. The van der Waals surface area contributed by atoms with Gasteiger partial charge in [0.2, 0.25) is 17.6 Å². The number of nitrogens with zero attached hydrogens (tertiary/aromatic N) is 2. The molecule has 1 fully saturated rings. The molecule has 4 atom stereocenters. The van der Waals surface area contributed by atoms with E-state index in [4.69, 9.17) is 36.6 Å². The normalized spacial score (nSPS) is 15.7. The number of carbonyl (C=O) groups excluding carboxylic acids is 4. The standard InChI is InChI=1S/C47H46ClN7O7/c48-34-20-15-33(16-21-34)28-60-36-26-40(55(27-36)45(58)38(24-19-30-9-3-1-4-10-30)54-47(59)61-29-32-11-5-2-6-12-32)43(57)52-39(25-31-17-22-35(23-18-31)51-46(49)50)42(56)44-53-37-13-7-8-14-41(37)62-44/h1-18,20-23,36,38-40H,19,24-29H2,(H,52,57)(H,54,59)(H4,49,50,51)/t36-,38-,39+,40+/m1/s1. The quantitative estimate of drug-likeness (QED) is 0.0369. The number of carbonyl (C=O) groups is 4. The van der Waals surface area contributed by atoms with Gasteiger partial charge in [0.1, 0.15) is 30.2 Å². The highest BCUT2D eigenvalue weighted by atomic mass is 35.5. The lowest BCUT2D eigenvalue weighted by atomic mass is 10.0. The highest BCUT2D eigenvalue weighted by Gasteiger charge is 2.44. The molecule has 6 N–H and O–H groups in total. The molecule has 0 aliphatic carbocycles. The highest BCUT2D eigenvalue weighted by Crippen LogP contribution is 2.26. The maximum absolute atomic E-state index is 14.8. The van der Waals surface area contributed by atoms with Crippen LogP contribution in [0.4, 0.5) is 10.5 Å². The molecule has 1 aliphatic heterocycles. The van der Waals surface area contributed by atoms with Gasteiger partial charge in [-0.05, 0) is 71.5 Å². The molecule has 1 saturated heterocycles. The Morgan fingerprint density at radius 1 is 0.790 bits per heavy atom. The van der Waals surface area contributed by atoms with Gasteiger partial charge in [-0.3, -0.25) is 19.8 Å². The van der Waals surface area contributed by atoms with Crippen LogP contribution in [-0.2, 0) is 45.1 Å². The Hall–Kier alpha value is -7.03. The fourth-order valence-electron chi connectivity index (χ4n) is 7.24. The number of hydrogen-bond donors (Lipinski definition) is 5. The number of guanidine groups is 1. The maximum atomic E-state index is 14.8. The molecular weight excluding hydrogens is 810 g/mol. The highest BCUT2D eigenvalue weighted by molar-refractivity contribution is 6.30. The molecule has 0 radical (unpaired) electrons. The van der Waals surface area contributed by atoms with E-state index < -0.39 is 47.9 Å². The Balaban J connectivity index is 1.15. The molecular formula is C47H46ClN7O7. The van der Waals surface area contributed by atoms with Crippen LogP contribution in [0.2, 0.25) is 5.02 Å². The monoisotopic (exact) mass is 855 g/mol. The second kappa shape index (κ2) is 20.5. The topological polar surface area (TPSA) is 202 Å². The number of Topliss-reactive ketones (excluding diaryl/α,β-unsaturated/α-hetero) is 1. The van der Waals surface area contributed by atoms with Gasteiger partial charge < -0.3 is 40.5 Å². The average molecular weight is 856 g/mol. The van der Waals surface area contributed by atoms with E-state index in [2.05, 4.69) is 20.9 Å². The van der Waals surface area contributed by atoms with Gasteiger partial charge in [0.05, 0.1) is 12.7 Å². The van der Waals surface area contributed by atoms with Gasteiger partial charge in [0.15, 0.2) is 11.5 Å². The number of anilines is 1. The Morgan fingerprint density at radius 2 is 1.44 bits per heavy atom. The summed E-state index contributed by atoms with van der Waals surface area (Å²) in [6.45, 7) is 0.210. The number of benzene rings is 5. The van der Waals surface area contributed by atoms with Crippen LogP contribution < -0.4 is 21.7 Å². The van der Waals surface area contributed by atoms with Gasteiger partial charge in [-0.2, -0.15) is 0 Å². The van der Waals surface area contributed by atoms with Crippen LogP contribution >= 0.6 is 11.6 Å². The number of ketones is 1. The van der Waals surface area contributed by atoms with E-state index >= 15 is 0 Å². The molecule has 0 bridgehead atoms. The number of aryl methyl sites for hydroxylation is 1. The Labute approximate surface area is 363 Å². The van der Waals surface area contributed by atoms with Crippen LogP contribution in [-0.4, -0.2) is 70.3 Å². The van der Waals surface area contributed by atoms with Gasteiger partial charge in [-0.1, -0.05) is 109 Å². The number of likely N-dealkylation sites (tertiary alicyclic amines) is 1. The number of oxazole rings is 1. The minimum Gasteiger partial charge on any atom is -0.445 e. The predicted octanol–water partition coefficient (Wildman–Crippen LogP) is 6.81. The van der Waals surface area contributed by atoms with Crippen molar-refractivity contribution in [3.05, 3.63) is 167 Å². The zero-order valence-electron chi connectivity index (χ0n) is 33.7. The SMILES string of the molecule is N=C(N)Nc1ccc(C[C@H](NC(=O)[C@@H]2C[C@@H](OCc3ccc(Cl)cc3)CN2C(=O)[C@@H](CCc2ccccc2)NC(=O)OCc2ccccc2)C(=O)c2nc3ccccc3o2)cc1. The molecule has 1 aliphatic rings. The van der Waals surface area contributed by atoms with Crippen molar-refractivity contribution in [2.45, 2.75) is 63.1 Å². The van der Waals surface area contributed by atoms with E-state index in [9.17, 15) is 19.2 Å². The first-order valence-corrected chi connectivity index (χ1v) is 20.5. The second-order valence-corrected chi connectivity index (χ2v) is 15.4. The first-order valence-electron chi connectivity index (χ1n) is 20.2. The van der Waals surface area contributed by atoms with Crippen molar-refractivity contribution < 1.29 is 33.1 Å². The van der Waals surface area contributed by atoms with E-state index in [1.807, 2.05) is 72.8 Å². The van der Waals surface area contributed by atoms with Gasteiger partial charge in [-0.15, -0.1) is 0 Å². The molecule has 62 heavy (non-hydrogen) atoms. The molecule has 7 rings (SSSR count). The lowest BCUT2D eigenvalue weighted by Crippen LogP contribution is -2.55. The molecule has 2 heterocycles. The zero-order chi connectivity index (χ0) is 43.4. The lowest BCUT2D eigenvalue weighted by Gasteiger charge is -2.29. The van der Waals surface area contributed by atoms with Crippen molar-refractivity contribution >= 4 is 58.0 Å². The van der Waals surface area contributed by atoms with E-state index in [0.29, 0.717) is 33.8 Å². The number of alkyl carbamates (subject to hydrolysis) is 1. The number of amides is 3. The molecule has 0 saturated carbocycles. The van der Waals surface area contributed by atoms with E-state index in [1.165, 1.54) is 4.90 Å². The summed E-state index contributed by atoms with van der Waals surface area (Å²) in [6, 6.07) is 36.4. The third kappa shape index (κ3) is 11.6. The first kappa shape index (κ1) is 43.1. The molecule has 0 spiro atoms. The molecule has 3 amide bonds. The predicted molar refractivity (Wildman–Crippen MR) is 234 cm³/mol. The molecule has 14 nitrogen and oxygen atoms in total. The van der Waals surface area contributed by atoms with Crippen molar-refractivity contribution in [2.24, 2.45) is 5.73 Å². The molecule has 0 unspecified atom stereocenters. The summed E-state index contributed by atoms with van der Waals surface area (Å²) in [6.07, 6.45) is -0.585. The van der Waals surface area contributed by atoms with E-state index in [0.717, 1.165) is 16.7 Å². The lowest BCUT2D eigenvalue weighted by molar-refractivity contribution is -0.140. The summed E-state index contributed by atoms with van der Waals surface area (Å²) in [7, 11) is 0. The van der Waals surface area contributed by atoms with Crippen molar-refractivity contribution in [2.75, 3.05) is 11.9 Å². The Morgan fingerprint density at radius 3 is 2.13 bits per heavy atom. The summed E-state index contributed by atoms with van der Waals surface area (Å²) in [5, 5.41) is 16.6. The first-order chi connectivity index (χ1) is 30.1. The molecule has 15 heteroatoms.